The summed E-state index contributed by atoms with van der Waals surface area (Å²) in [6, 6.07) is 0. The molecule has 0 heterocycles. The third-order valence-corrected chi connectivity index (χ3v) is 0.735. The van der Waals surface area contributed by atoms with Gasteiger partial charge in [-0.15, -0.1) is 0 Å². The van der Waals surface area contributed by atoms with Crippen LogP contribution in [0, 0.1) is 0 Å². The van der Waals surface area contributed by atoms with E-state index < -0.39 is 0 Å². The van der Waals surface area contributed by atoms with E-state index in [1.807, 2.05) is 6.92 Å². The van der Waals surface area contributed by atoms with Crippen molar-refractivity contribution in [2.24, 2.45) is 0 Å². The van der Waals surface area contributed by atoms with Gasteiger partial charge in [0.05, 0.1) is 0 Å². The number of aliphatic hydroxyl groups is 2. The molecule has 0 aromatic heterocycles. The lowest BCUT2D eigenvalue weighted by atomic mass is 10.4. The van der Waals surface area contributed by atoms with E-state index in [4.69, 9.17) is 10.2 Å². The monoisotopic (exact) mass is 134 g/mol. The number of unbranched alkanes of at least 4 members (excludes halogenated alkanes) is 1. The van der Waals surface area contributed by atoms with Gasteiger partial charge in [0.15, 0.2) is 0 Å². The van der Waals surface area contributed by atoms with Crippen molar-refractivity contribution in [3.05, 3.63) is 0 Å². The molecule has 2 heteroatoms. The fourth-order valence-corrected chi connectivity index (χ4v) is 0.158. The lowest BCUT2D eigenvalue weighted by Crippen LogP contribution is -1.75. The average molecular weight is 134 g/mol. The summed E-state index contributed by atoms with van der Waals surface area (Å²) >= 11 is 0. The minimum atomic E-state index is 0.319. The Bertz CT molecular complexity index is 26.1. The summed E-state index contributed by atoms with van der Waals surface area (Å²) in [5.41, 5.74) is 0. The Kier molecular flexibility index (Phi) is 20.3. The molecular weight excluding hydrogens is 116 g/mol. The van der Waals surface area contributed by atoms with E-state index in [1.165, 1.54) is 0 Å². The van der Waals surface area contributed by atoms with Gasteiger partial charge in [0.1, 0.15) is 0 Å². The van der Waals surface area contributed by atoms with Crippen LogP contribution in [0.1, 0.15) is 33.1 Å². The van der Waals surface area contributed by atoms with Crippen molar-refractivity contribution in [3.8, 4) is 0 Å². The van der Waals surface area contributed by atoms with Gasteiger partial charge in [0.2, 0.25) is 0 Å². The van der Waals surface area contributed by atoms with Crippen molar-refractivity contribution >= 4 is 0 Å². The molecule has 0 aliphatic carbocycles. The van der Waals surface area contributed by atoms with Gasteiger partial charge in [0.25, 0.3) is 0 Å². The first-order chi connectivity index (χ1) is 4.33. The summed E-state index contributed by atoms with van der Waals surface area (Å²) in [4.78, 5) is 0. The fraction of sp³-hybridized carbons (Fsp3) is 1.00. The quantitative estimate of drug-likeness (QED) is 0.608. The topological polar surface area (TPSA) is 40.5 Å². The summed E-state index contributed by atoms with van der Waals surface area (Å²) in [5.74, 6) is 0. The van der Waals surface area contributed by atoms with Crippen LogP contribution in [-0.2, 0) is 0 Å². The molecule has 0 fully saturated rings. The van der Waals surface area contributed by atoms with Gasteiger partial charge in [-0.2, -0.15) is 0 Å². The van der Waals surface area contributed by atoms with E-state index >= 15 is 0 Å². The maximum absolute atomic E-state index is 8.07. The Morgan fingerprint density at radius 2 is 1.33 bits per heavy atom. The SMILES string of the molecule is CCCCO.CCCO. The second-order valence-electron chi connectivity index (χ2n) is 1.80. The van der Waals surface area contributed by atoms with Crippen LogP contribution in [-0.4, -0.2) is 23.4 Å². The summed E-state index contributed by atoms with van der Waals surface area (Å²) in [5, 5.41) is 15.9. The zero-order valence-corrected chi connectivity index (χ0v) is 6.43. The van der Waals surface area contributed by atoms with Crippen molar-refractivity contribution in [1.29, 1.82) is 0 Å². The third-order valence-electron chi connectivity index (χ3n) is 0.735. The zero-order valence-electron chi connectivity index (χ0n) is 6.43. The van der Waals surface area contributed by atoms with Gasteiger partial charge < -0.3 is 10.2 Å². The standard InChI is InChI=1S/C4H10O.C3H8O/c1-2-3-4-5;1-2-3-4/h5H,2-4H2,1H3;4H,2-3H2,1H3. The highest BCUT2D eigenvalue weighted by molar-refractivity contribution is 4.23. The molecule has 58 valence electrons. The van der Waals surface area contributed by atoms with Crippen LogP contribution < -0.4 is 0 Å². The molecule has 0 rings (SSSR count). The summed E-state index contributed by atoms with van der Waals surface area (Å²) in [7, 11) is 0. The van der Waals surface area contributed by atoms with Crippen LogP contribution in [0.4, 0.5) is 0 Å². The van der Waals surface area contributed by atoms with E-state index in [1.54, 1.807) is 0 Å². The summed E-state index contributed by atoms with van der Waals surface area (Å²) < 4.78 is 0. The molecule has 0 atom stereocenters. The first-order valence-electron chi connectivity index (χ1n) is 3.55. The third kappa shape index (κ3) is 32.6. The molecule has 0 aliphatic rings. The molecule has 0 radical (unpaired) electrons. The maximum atomic E-state index is 8.07. The van der Waals surface area contributed by atoms with Gasteiger partial charge in [-0.25, -0.2) is 0 Å². The predicted octanol–water partition coefficient (Wildman–Crippen LogP) is 1.17. The Morgan fingerprint density at radius 3 is 1.33 bits per heavy atom. The molecule has 0 bridgehead atoms. The Morgan fingerprint density at radius 1 is 0.889 bits per heavy atom. The molecule has 0 saturated carbocycles. The summed E-state index contributed by atoms with van der Waals surface area (Å²) in [6.07, 6.45) is 2.91. The Labute approximate surface area is 57.5 Å². The molecule has 0 unspecified atom stereocenters. The molecule has 0 aliphatic heterocycles. The number of hydrogen-bond acceptors (Lipinski definition) is 2. The maximum Gasteiger partial charge on any atom is 0.0430 e. The molecule has 0 aromatic carbocycles. The van der Waals surface area contributed by atoms with Gasteiger partial charge in [0, 0.05) is 13.2 Å². The van der Waals surface area contributed by atoms with Crippen LogP contribution in [0.3, 0.4) is 0 Å². The zero-order chi connectivity index (χ0) is 7.54. The number of hydrogen-bond donors (Lipinski definition) is 2. The molecule has 2 N–H and O–H groups in total. The fourth-order valence-electron chi connectivity index (χ4n) is 0.158. The van der Waals surface area contributed by atoms with Crippen molar-refractivity contribution in [1.82, 2.24) is 0 Å². The highest BCUT2D eigenvalue weighted by Crippen LogP contribution is 1.78. The van der Waals surface area contributed by atoms with E-state index in [9.17, 15) is 0 Å². The van der Waals surface area contributed by atoms with Crippen molar-refractivity contribution in [3.63, 3.8) is 0 Å². The molecule has 9 heavy (non-hydrogen) atoms. The second-order valence-corrected chi connectivity index (χ2v) is 1.80. The van der Waals surface area contributed by atoms with Crippen LogP contribution in [0.2, 0.25) is 0 Å². The predicted molar refractivity (Wildman–Crippen MR) is 39.4 cm³/mol. The first-order valence-corrected chi connectivity index (χ1v) is 3.55. The van der Waals surface area contributed by atoms with Crippen LogP contribution in [0.5, 0.6) is 0 Å². The van der Waals surface area contributed by atoms with E-state index in [0.29, 0.717) is 13.2 Å². The molecule has 0 spiro atoms. The lowest BCUT2D eigenvalue weighted by molar-refractivity contribution is 0.287. The van der Waals surface area contributed by atoms with Gasteiger partial charge in [-0.3, -0.25) is 0 Å². The second kappa shape index (κ2) is 15.7. The van der Waals surface area contributed by atoms with Crippen molar-refractivity contribution in [2.45, 2.75) is 33.1 Å². The van der Waals surface area contributed by atoms with E-state index in [0.717, 1.165) is 19.3 Å². The molecule has 0 saturated heterocycles. The van der Waals surface area contributed by atoms with Crippen LogP contribution in [0.25, 0.3) is 0 Å². The Balaban J connectivity index is 0. The lowest BCUT2D eigenvalue weighted by Gasteiger charge is -1.79. The highest BCUT2D eigenvalue weighted by Gasteiger charge is 1.69. The van der Waals surface area contributed by atoms with Gasteiger partial charge in [-0.1, -0.05) is 20.3 Å². The van der Waals surface area contributed by atoms with E-state index in [-0.39, 0.29) is 0 Å². The van der Waals surface area contributed by atoms with Crippen LogP contribution >= 0.6 is 0 Å². The van der Waals surface area contributed by atoms with E-state index in [2.05, 4.69) is 6.92 Å². The number of aliphatic hydroxyl groups excluding tert-OH is 2. The van der Waals surface area contributed by atoms with Crippen molar-refractivity contribution < 1.29 is 10.2 Å². The first kappa shape index (κ1) is 11.7. The van der Waals surface area contributed by atoms with Gasteiger partial charge >= 0.3 is 0 Å². The summed E-state index contributed by atoms with van der Waals surface area (Å²) in [6.45, 7) is 4.65. The number of rotatable bonds is 3. The Hall–Kier alpha value is -0.0800. The molecular formula is C7H18O2. The smallest absolute Gasteiger partial charge is 0.0430 e. The van der Waals surface area contributed by atoms with Crippen molar-refractivity contribution in [2.75, 3.05) is 13.2 Å². The van der Waals surface area contributed by atoms with Crippen LogP contribution in [0.15, 0.2) is 0 Å². The normalized spacial score (nSPS) is 8.00. The minimum Gasteiger partial charge on any atom is -0.396 e. The molecule has 0 amide bonds. The van der Waals surface area contributed by atoms with Gasteiger partial charge in [-0.05, 0) is 12.8 Å². The highest BCUT2D eigenvalue weighted by atomic mass is 16.3. The average Bonchev–Trinajstić information content (AvgIpc) is 1.91. The molecule has 2 nitrogen and oxygen atoms in total. The molecule has 0 aromatic rings. The largest absolute Gasteiger partial charge is 0.396 e. The minimum absolute atomic E-state index is 0.319.